The zero-order valence-corrected chi connectivity index (χ0v) is 20.7. The number of amides is 1. The first-order chi connectivity index (χ1) is 16.4. The SMILES string of the molecule is CCOC(=O)c1sc(NC(=O)CCSc2nc(-c3ccc(Cl)cc3)ccc2C#N)c(C#N)c1C. The molecule has 0 saturated heterocycles. The highest BCUT2D eigenvalue weighted by molar-refractivity contribution is 7.99. The third kappa shape index (κ3) is 5.95. The Bertz CT molecular complexity index is 1310. The predicted molar refractivity (Wildman–Crippen MR) is 133 cm³/mol. The Hall–Kier alpha value is -3.37. The second-order valence-corrected chi connectivity index (χ2v) is 9.45. The van der Waals surface area contributed by atoms with Gasteiger partial charge in [-0.05, 0) is 43.7 Å². The molecule has 0 bridgehead atoms. The number of nitrogens with zero attached hydrogens (tertiary/aromatic N) is 3. The number of thiophene rings is 1. The Morgan fingerprint density at radius 2 is 1.91 bits per heavy atom. The van der Waals surface area contributed by atoms with Crippen LogP contribution in [-0.2, 0) is 9.53 Å². The van der Waals surface area contributed by atoms with Gasteiger partial charge < -0.3 is 10.1 Å². The minimum Gasteiger partial charge on any atom is -0.462 e. The molecule has 0 spiro atoms. The molecule has 1 N–H and O–H groups in total. The molecule has 1 amide bonds. The van der Waals surface area contributed by atoms with Gasteiger partial charge in [0.05, 0.1) is 23.4 Å². The Labute approximate surface area is 210 Å². The summed E-state index contributed by atoms with van der Waals surface area (Å²) < 4.78 is 5.02. The minimum atomic E-state index is -0.520. The summed E-state index contributed by atoms with van der Waals surface area (Å²) in [7, 11) is 0. The summed E-state index contributed by atoms with van der Waals surface area (Å²) >= 11 is 8.27. The Balaban J connectivity index is 1.67. The molecule has 172 valence electrons. The van der Waals surface area contributed by atoms with Crippen molar-refractivity contribution in [1.29, 1.82) is 10.5 Å². The van der Waals surface area contributed by atoms with E-state index in [0.717, 1.165) is 16.9 Å². The molecule has 1 aromatic carbocycles. The molecule has 0 aliphatic heterocycles. The first kappa shape index (κ1) is 25.3. The average Bonchev–Trinajstić information content (AvgIpc) is 3.14. The van der Waals surface area contributed by atoms with Crippen molar-refractivity contribution in [3.05, 3.63) is 63.0 Å². The van der Waals surface area contributed by atoms with Crippen LogP contribution in [0.1, 0.15) is 39.7 Å². The monoisotopic (exact) mass is 510 g/mol. The average molecular weight is 511 g/mol. The highest BCUT2D eigenvalue weighted by atomic mass is 35.5. The topological polar surface area (TPSA) is 116 Å². The normalized spacial score (nSPS) is 10.3. The number of rotatable bonds is 8. The van der Waals surface area contributed by atoms with Gasteiger partial charge in [0.2, 0.25) is 5.91 Å². The molecule has 3 rings (SSSR count). The number of nitrogens with one attached hydrogen (secondary N) is 1. The molecule has 2 heterocycles. The molecule has 10 heteroatoms. The molecule has 0 fully saturated rings. The van der Waals surface area contributed by atoms with Crippen LogP contribution in [0.25, 0.3) is 11.3 Å². The van der Waals surface area contributed by atoms with Crippen molar-refractivity contribution in [3.8, 4) is 23.4 Å². The maximum atomic E-state index is 12.5. The summed E-state index contributed by atoms with van der Waals surface area (Å²) in [6.45, 7) is 3.56. The third-order valence-electron chi connectivity index (χ3n) is 4.66. The number of halogens is 1. The molecule has 2 aromatic heterocycles. The second kappa shape index (κ2) is 11.7. The molecule has 0 radical (unpaired) electrons. The molecule has 0 saturated carbocycles. The molecule has 0 unspecified atom stereocenters. The number of pyridine rings is 1. The molecule has 0 aliphatic rings. The number of thioether (sulfide) groups is 1. The number of esters is 1. The number of nitriles is 2. The number of carbonyl (C=O) groups is 2. The van der Waals surface area contributed by atoms with Crippen LogP contribution in [0.15, 0.2) is 41.4 Å². The number of benzene rings is 1. The van der Waals surface area contributed by atoms with Gasteiger partial charge in [0.25, 0.3) is 0 Å². The van der Waals surface area contributed by atoms with Gasteiger partial charge >= 0.3 is 5.97 Å². The summed E-state index contributed by atoms with van der Waals surface area (Å²) in [4.78, 5) is 29.5. The van der Waals surface area contributed by atoms with Crippen molar-refractivity contribution in [3.63, 3.8) is 0 Å². The van der Waals surface area contributed by atoms with E-state index in [-0.39, 0.29) is 24.5 Å². The summed E-state index contributed by atoms with van der Waals surface area (Å²) in [6, 6.07) is 14.9. The lowest BCUT2D eigenvalue weighted by atomic mass is 10.1. The maximum absolute atomic E-state index is 12.5. The van der Waals surface area contributed by atoms with Crippen LogP contribution < -0.4 is 5.32 Å². The summed E-state index contributed by atoms with van der Waals surface area (Å²) in [5.74, 6) is -0.463. The maximum Gasteiger partial charge on any atom is 0.348 e. The van der Waals surface area contributed by atoms with Crippen LogP contribution in [0.4, 0.5) is 5.00 Å². The van der Waals surface area contributed by atoms with E-state index in [1.807, 2.05) is 18.2 Å². The van der Waals surface area contributed by atoms with Gasteiger partial charge in [-0.15, -0.1) is 23.1 Å². The molecule has 0 aliphatic carbocycles. The van der Waals surface area contributed by atoms with E-state index in [0.29, 0.717) is 42.5 Å². The van der Waals surface area contributed by atoms with E-state index in [1.165, 1.54) is 11.8 Å². The lowest BCUT2D eigenvalue weighted by molar-refractivity contribution is -0.115. The van der Waals surface area contributed by atoms with Crippen molar-refractivity contribution >= 4 is 51.6 Å². The number of aromatic nitrogens is 1. The number of carbonyl (C=O) groups excluding carboxylic acids is 2. The fourth-order valence-electron chi connectivity index (χ4n) is 2.97. The molecule has 7 nitrogen and oxygen atoms in total. The van der Waals surface area contributed by atoms with Gasteiger partial charge in [-0.1, -0.05) is 23.7 Å². The van der Waals surface area contributed by atoms with Crippen LogP contribution in [0.2, 0.25) is 5.02 Å². The molecule has 3 aromatic rings. The van der Waals surface area contributed by atoms with Crippen molar-refractivity contribution in [2.24, 2.45) is 0 Å². The quantitative estimate of drug-likeness (QED) is 0.300. The minimum absolute atomic E-state index is 0.124. The summed E-state index contributed by atoms with van der Waals surface area (Å²) in [6.07, 6.45) is 0.124. The second-order valence-electron chi connectivity index (χ2n) is 6.91. The van der Waals surface area contributed by atoms with Gasteiger partial charge in [-0.3, -0.25) is 4.79 Å². The van der Waals surface area contributed by atoms with Crippen LogP contribution in [0, 0.1) is 29.6 Å². The van der Waals surface area contributed by atoms with Gasteiger partial charge in [-0.2, -0.15) is 10.5 Å². The first-order valence-electron chi connectivity index (χ1n) is 10.2. The molecule has 0 atom stereocenters. The molecule has 34 heavy (non-hydrogen) atoms. The number of anilines is 1. The fraction of sp³-hybridized carbons (Fsp3) is 0.208. The highest BCUT2D eigenvalue weighted by Crippen LogP contribution is 2.33. The number of ether oxygens (including phenoxy) is 1. The van der Waals surface area contributed by atoms with E-state index in [4.69, 9.17) is 16.3 Å². The van der Waals surface area contributed by atoms with E-state index in [2.05, 4.69) is 16.4 Å². The Morgan fingerprint density at radius 3 is 2.56 bits per heavy atom. The lowest BCUT2D eigenvalue weighted by Gasteiger charge is -2.07. The van der Waals surface area contributed by atoms with Crippen molar-refractivity contribution in [1.82, 2.24) is 4.98 Å². The van der Waals surface area contributed by atoms with Crippen LogP contribution in [-0.4, -0.2) is 29.2 Å². The first-order valence-corrected chi connectivity index (χ1v) is 12.4. The standard InChI is InChI=1S/C24H19ClN4O3S2/c1-3-32-24(31)21-14(2)18(13-27)23(34-21)29-20(30)10-11-33-22-16(12-26)6-9-19(28-22)15-4-7-17(25)8-5-15/h4-9H,3,10-11H2,1-2H3,(H,29,30). The highest BCUT2D eigenvalue weighted by Gasteiger charge is 2.22. The van der Waals surface area contributed by atoms with E-state index < -0.39 is 5.97 Å². The zero-order valence-electron chi connectivity index (χ0n) is 18.3. The predicted octanol–water partition coefficient (Wildman–Crippen LogP) is 5.81. The number of hydrogen-bond donors (Lipinski definition) is 1. The summed E-state index contributed by atoms with van der Waals surface area (Å²) in [5, 5.41) is 23.1. The summed E-state index contributed by atoms with van der Waals surface area (Å²) in [5.41, 5.74) is 2.71. The van der Waals surface area contributed by atoms with Gasteiger partial charge in [-0.25, -0.2) is 9.78 Å². The van der Waals surface area contributed by atoms with Gasteiger partial charge in [0.1, 0.15) is 27.0 Å². The molecular formula is C24H19ClN4O3S2. The van der Waals surface area contributed by atoms with E-state index in [1.54, 1.807) is 38.1 Å². The smallest absolute Gasteiger partial charge is 0.348 e. The fourth-order valence-corrected chi connectivity index (χ4v) is 5.08. The van der Waals surface area contributed by atoms with Crippen molar-refractivity contribution in [2.45, 2.75) is 25.3 Å². The lowest BCUT2D eigenvalue weighted by Crippen LogP contribution is -2.12. The van der Waals surface area contributed by atoms with Gasteiger partial charge in [0.15, 0.2) is 0 Å². The van der Waals surface area contributed by atoms with E-state index >= 15 is 0 Å². The van der Waals surface area contributed by atoms with E-state index in [9.17, 15) is 20.1 Å². The third-order valence-corrected chi connectivity index (χ3v) is 7.09. The van der Waals surface area contributed by atoms with Crippen LogP contribution >= 0.6 is 34.7 Å². The van der Waals surface area contributed by atoms with Gasteiger partial charge in [0, 0.05) is 22.8 Å². The zero-order chi connectivity index (χ0) is 24.7. The van der Waals surface area contributed by atoms with Crippen molar-refractivity contribution in [2.75, 3.05) is 17.7 Å². The van der Waals surface area contributed by atoms with Crippen molar-refractivity contribution < 1.29 is 14.3 Å². The Kier molecular flexibility index (Phi) is 8.67. The molecular weight excluding hydrogens is 492 g/mol. The largest absolute Gasteiger partial charge is 0.462 e. The Morgan fingerprint density at radius 1 is 1.18 bits per heavy atom. The number of hydrogen-bond acceptors (Lipinski definition) is 8. The van der Waals surface area contributed by atoms with Crippen LogP contribution in [0.3, 0.4) is 0 Å². The van der Waals surface area contributed by atoms with Crippen LogP contribution in [0.5, 0.6) is 0 Å².